The third-order valence-corrected chi connectivity index (χ3v) is 1.33. The summed E-state index contributed by atoms with van der Waals surface area (Å²) in [7, 11) is 1.57. The quantitative estimate of drug-likeness (QED) is 0.517. The fourth-order valence-electron chi connectivity index (χ4n) is 0.795. The van der Waals surface area contributed by atoms with Crippen molar-refractivity contribution < 1.29 is 9.47 Å². The number of methoxy groups -OCH3 is 1. The van der Waals surface area contributed by atoms with Gasteiger partial charge in [0.2, 0.25) is 0 Å². The van der Waals surface area contributed by atoms with Crippen molar-refractivity contribution in [3.8, 4) is 17.6 Å². The molecule has 0 spiro atoms. The Kier molecular flexibility index (Phi) is 3.80. The Morgan fingerprint density at radius 1 is 1.46 bits per heavy atom. The second-order valence-corrected chi connectivity index (χ2v) is 2.31. The maximum Gasteiger partial charge on any atom is 0.188 e. The highest BCUT2D eigenvalue weighted by molar-refractivity contribution is 5.30. The molecule has 0 saturated carbocycles. The normalized spacial score (nSPS) is 8.77. The molecule has 0 atom stereocenters. The molecule has 0 aliphatic heterocycles. The summed E-state index contributed by atoms with van der Waals surface area (Å²) in [5, 5.41) is 0. The van der Waals surface area contributed by atoms with Gasteiger partial charge in [-0.3, -0.25) is 0 Å². The number of aromatic nitrogens is 1. The summed E-state index contributed by atoms with van der Waals surface area (Å²) < 4.78 is 9.90. The van der Waals surface area contributed by atoms with Crippen LogP contribution in [0.4, 0.5) is 0 Å². The van der Waals surface area contributed by atoms with Crippen LogP contribution in [0, 0.1) is 11.8 Å². The van der Waals surface area contributed by atoms with Crippen molar-refractivity contribution in [2.45, 2.75) is 6.92 Å². The lowest BCUT2D eigenvalue weighted by Crippen LogP contribution is -1.99. The zero-order valence-corrected chi connectivity index (χ0v) is 7.70. The van der Waals surface area contributed by atoms with E-state index in [4.69, 9.17) is 9.47 Å². The van der Waals surface area contributed by atoms with E-state index in [-0.39, 0.29) is 6.79 Å². The Morgan fingerprint density at radius 2 is 2.31 bits per heavy atom. The number of hydrogen-bond donors (Lipinski definition) is 0. The van der Waals surface area contributed by atoms with Gasteiger partial charge in [0.05, 0.1) is 6.20 Å². The van der Waals surface area contributed by atoms with Crippen LogP contribution in [-0.4, -0.2) is 18.9 Å². The van der Waals surface area contributed by atoms with Crippen LogP contribution < -0.4 is 4.74 Å². The van der Waals surface area contributed by atoms with Gasteiger partial charge in [-0.25, -0.2) is 4.98 Å². The Hall–Kier alpha value is -1.53. The molecule has 0 saturated heterocycles. The third kappa shape index (κ3) is 3.14. The zero-order chi connectivity index (χ0) is 9.52. The summed E-state index contributed by atoms with van der Waals surface area (Å²) in [6.07, 6.45) is 1.62. The monoisotopic (exact) mass is 177 g/mol. The maximum absolute atomic E-state index is 5.16. The van der Waals surface area contributed by atoms with E-state index in [1.165, 1.54) is 0 Å². The van der Waals surface area contributed by atoms with Crippen LogP contribution in [0.1, 0.15) is 12.6 Å². The van der Waals surface area contributed by atoms with Crippen LogP contribution in [0.25, 0.3) is 0 Å². The fourth-order valence-corrected chi connectivity index (χ4v) is 0.795. The van der Waals surface area contributed by atoms with Crippen molar-refractivity contribution in [1.82, 2.24) is 4.98 Å². The van der Waals surface area contributed by atoms with Gasteiger partial charge in [-0.1, -0.05) is 5.92 Å². The molecule has 3 nitrogen and oxygen atoms in total. The molecule has 0 aliphatic carbocycles. The van der Waals surface area contributed by atoms with Gasteiger partial charge in [0.25, 0.3) is 0 Å². The van der Waals surface area contributed by atoms with Gasteiger partial charge in [-0.15, -0.1) is 0 Å². The summed E-state index contributed by atoms with van der Waals surface area (Å²) in [6, 6.07) is 3.62. The Balaban J connectivity index is 2.62. The highest BCUT2D eigenvalue weighted by Gasteiger charge is 1.92. The van der Waals surface area contributed by atoms with Gasteiger partial charge in [0.1, 0.15) is 11.4 Å². The first-order valence-corrected chi connectivity index (χ1v) is 3.87. The molecular weight excluding hydrogens is 166 g/mol. The summed E-state index contributed by atoms with van der Waals surface area (Å²) in [5.41, 5.74) is 0.743. The molecule has 3 heteroatoms. The molecule has 0 amide bonds. The molecule has 0 aliphatic rings. The lowest BCUT2D eigenvalue weighted by Gasteiger charge is -2.02. The van der Waals surface area contributed by atoms with Crippen LogP contribution in [-0.2, 0) is 4.74 Å². The molecule has 68 valence electrons. The van der Waals surface area contributed by atoms with E-state index in [1.807, 2.05) is 12.1 Å². The average Bonchev–Trinajstić information content (AvgIpc) is 2.17. The number of ether oxygens (including phenoxy) is 2. The highest BCUT2D eigenvalue weighted by Crippen LogP contribution is 2.07. The van der Waals surface area contributed by atoms with Crippen LogP contribution >= 0.6 is 0 Å². The predicted octanol–water partition coefficient (Wildman–Crippen LogP) is 1.44. The van der Waals surface area contributed by atoms with Crippen LogP contribution in [0.5, 0.6) is 5.75 Å². The molecule has 0 aromatic carbocycles. The van der Waals surface area contributed by atoms with Gasteiger partial charge in [-0.2, -0.15) is 0 Å². The Labute approximate surface area is 77.7 Å². The lowest BCUT2D eigenvalue weighted by molar-refractivity contribution is 0.0508. The molecule has 1 heterocycles. The minimum absolute atomic E-state index is 0.237. The van der Waals surface area contributed by atoms with E-state index in [0.717, 1.165) is 5.69 Å². The Bertz CT molecular complexity index is 308. The second kappa shape index (κ2) is 5.18. The first-order chi connectivity index (χ1) is 6.36. The van der Waals surface area contributed by atoms with Gasteiger partial charge in [0.15, 0.2) is 6.79 Å². The van der Waals surface area contributed by atoms with Gasteiger partial charge < -0.3 is 9.47 Å². The molecule has 1 aromatic heterocycles. The fraction of sp³-hybridized carbons (Fsp3) is 0.300. The number of rotatable bonds is 3. The predicted molar refractivity (Wildman–Crippen MR) is 49.3 cm³/mol. The second-order valence-electron chi connectivity index (χ2n) is 2.31. The third-order valence-electron chi connectivity index (χ3n) is 1.33. The summed E-state index contributed by atoms with van der Waals surface area (Å²) in [6.45, 7) is 2.01. The van der Waals surface area contributed by atoms with Crippen molar-refractivity contribution in [3.05, 3.63) is 24.0 Å². The smallest absolute Gasteiger partial charge is 0.188 e. The van der Waals surface area contributed by atoms with Crippen LogP contribution in [0.3, 0.4) is 0 Å². The molecule has 0 N–H and O–H groups in total. The van der Waals surface area contributed by atoms with Crippen molar-refractivity contribution >= 4 is 0 Å². The highest BCUT2D eigenvalue weighted by atomic mass is 16.7. The van der Waals surface area contributed by atoms with E-state index in [0.29, 0.717) is 5.75 Å². The maximum atomic E-state index is 5.16. The largest absolute Gasteiger partial charge is 0.466 e. The molecular formula is C10H11NO2. The average molecular weight is 177 g/mol. The van der Waals surface area contributed by atoms with Crippen molar-refractivity contribution in [2.75, 3.05) is 13.9 Å². The minimum atomic E-state index is 0.237. The summed E-state index contributed by atoms with van der Waals surface area (Å²) in [5.74, 6) is 6.30. The molecule has 0 bridgehead atoms. The number of pyridine rings is 1. The van der Waals surface area contributed by atoms with Crippen LogP contribution in [0.2, 0.25) is 0 Å². The van der Waals surface area contributed by atoms with E-state index in [9.17, 15) is 0 Å². The molecule has 0 fully saturated rings. The van der Waals surface area contributed by atoms with Gasteiger partial charge in [0, 0.05) is 7.11 Å². The number of nitrogens with zero attached hydrogens (tertiary/aromatic N) is 1. The molecule has 13 heavy (non-hydrogen) atoms. The summed E-state index contributed by atoms with van der Waals surface area (Å²) >= 11 is 0. The van der Waals surface area contributed by atoms with Crippen molar-refractivity contribution in [3.63, 3.8) is 0 Å². The van der Waals surface area contributed by atoms with E-state index >= 15 is 0 Å². The molecule has 1 aromatic rings. The minimum Gasteiger partial charge on any atom is -0.466 e. The first-order valence-electron chi connectivity index (χ1n) is 3.87. The molecule has 1 rings (SSSR count). The van der Waals surface area contributed by atoms with Gasteiger partial charge in [-0.05, 0) is 25.0 Å². The van der Waals surface area contributed by atoms with E-state index in [1.54, 1.807) is 20.2 Å². The van der Waals surface area contributed by atoms with E-state index < -0.39 is 0 Å². The van der Waals surface area contributed by atoms with Crippen molar-refractivity contribution in [2.24, 2.45) is 0 Å². The standard InChI is InChI=1S/C10H11NO2/c1-3-4-9-5-6-10(7-11-9)13-8-12-2/h5-7H,8H2,1-2H3. The number of hydrogen-bond acceptors (Lipinski definition) is 3. The molecule has 0 unspecified atom stereocenters. The zero-order valence-electron chi connectivity index (χ0n) is 7.70. The van der Waals surface area contributed by atoms with Crippen molar-refractivity contribution in [1.29, 1.82) is 0 Å². The topological polar surface area (TPSA) is 31.4 Å². The first kappa shape index (κ1) is 9.56. The van der Waals surface area contributed by atoms with E-state index in [2.05, 4.69) is 16.8 Å². The molecule has 0 radical (unpaired) electrons. The SMILES string of the molecule is CC#Cc1ccc(OCOC)cn1. The summed E-state index contributed by atoms with van der Waals surface area (Å²) in [4.78, 5) is 4.07. The van der Waals surface area contributed by atoms with Crippen LogP contribution in [0.15, 0.2) is 18.3 Å². The lowest BCUT2D eigenvalue weighted by atomic mass is 10.3. The Morgan fingerprint density at radius 3 is 2.85 bits per heavy atom. The van der Waals surface area contributed by atoms with Gasteiger partial charge >= 0.3 is 0 Å².